The maximum Gasteiger partial charge on any atom is 0.573 e. The van der Waals surface area contributed by atoms with Crippen molar-refractivity contribution in [3.05, 3.63) is 48.8 Å². The van der Waals surface area contributed by atoms with Gasteiger partial charge < -0.3 is 9.64 Å². The molecule has 0 saturated carbocycles. The highest BCUT2D eigenvalue weighted by Gasteiger charge is 2.31. The fourth-order valence-electron chi connectivity index (χ4n) is 1.85. The monoisotopic (exact) mass is 285 g/mol. The molecule has 1 aromatic carbocycles. The minimum absolute atomic E-state index is 0.234. The predicted molar refractivity (Wildman–Crippen MR) is 74.5 cm³/mol. The lowest BCUT2D eigenvalue weighted by atomic mass is 10.2. The molecule has 0 aliphatic carbocycles. The summed E-state index contributed by atoms with van der Waals surface area (Å²) in [6.45, 7) is 7.78. The van der Waals surface area contributed by atoms with E-state index < -0.39 is 6.36 Å². The molecule has 0 atom stereocenters. The largest absolute Gasteiger partial charge is 0.573 e. The topological polar surface area (TPSA) is 12.5 Å². The minimum Gasteiger partial charge on any atom is -0.406 e. The van der Waals surface area contributed by atoms with E-state index in [1.165, 1.54) is 12.1 Å². The van der Waals surface area contributed by atoms with E-state index in [1.54, 1.807) is 18.3 Å². The summed E-state index contributed by atoms with van der Waals surface area (Å²) in [5, 5.41) is 0. The summed E-state index contributed by atoms with van der Waals surface area (Å²) in [6.07, 6.45) is 0.714. The molecule has 0 aliphatic rings. The van der Waals surface area contributed by atoms with Gasteiger partial charge in [-0.2, -0.15) is 0 Å². The molecule has 0 aliphatic heterocycles. The number of benzene rings is 1. The van der Waals surface area contributed by atoms with Crippen molar-refractivity contribution in [2.45, 2.75) is 33.1 Å². The van der Waals surface area contributed by atoms with Crippen molar-refractivity contribution in [3.8, 4) is 5.75 Å². The molecule has 0 amide bonds. The van der Waals surface area contributed by atoms with Crippen molar-refractivity contribution in [2.24, 2.45) is 0 Å². The van der Waals surface area contributed by atoms with Crippen molar-refractivity contribution in [3.63, 3.8) is 0 Å². The van der Waals surface area contributed by atoms with Crippen molar-refractivity contribution in [2.75, 3.05) is 4.90 Å². The Kier molecular flexibility index (Phi) is 5.67. The zero-order valence-electron chi connectivity index (χ0n) is 11.6. The number of halogens is 3. The lowest BCUT2D eigenvalue weighted by Crippen LogP contribution is -2.17. The molecule has 0 unspecified atom stereocenters. The Balaban J connectivity index is 2.95. The van der Waals surface area contributed by atoms with Crippen molar-refractivity contribution in [1.29, 1.82) is 0 Å². The molecule has 0 aromatic heterocycles. The first-order valence-electron chi connectivity index (χ1n) is 6.37. The fourth-order valence-corrected chi connectivity index (χ4v) is 1.85. The van der Waals surface area contributed by atoms with Gasteiger partial charge in [-0.15, -0.1) is 13.2 Å². The summed E-state index contributed by atoms with van der Waals surface area (Å²) in [4.78, 5) is 1.85. The van der Waals surface area contributed by atoms with E-state index in [-0.39, 0.29) is 5.75 Å². The van der Waals surface area contributed by atoms with Gasteiger partial charge in [0.05, 0.1) is 0 Å². The molecule has 5 heteroatoms. The average Bonchev–Trinajstić information content (AvgIpc) is 2.38. The van der Waals surface area contributed by atoms with Gasteiger partial charge in [-0.3, -0.25) is 0 Å². The van der Waals surface area contributed by atoms with Gasteiger partial charge in [0.25, 0.3) is 0 Å². The van der Waals surface area contributed by atoms with E-state index >= 15 is 0 Å². The van der Waals surface area contributed by atoms with Gasteiger partial charge >= 0.3 is 6.36 Å². The molecule has 20 heavy (non-hydrogen) atoms. The molecule has 1 rings (SSSR count). The van der Waals surface area contributed by atoms with Gasteiger partial charge in [0, 0.05) is 17.6 Å². The van der Waals surface area contributed by atoms with Crippen LogP contribution in [0, 0.1) is 0 Å². The van der Waals surface area contributed by atoms with Gasteiger partial charge in [0.1, 0.15) is 5.75 Å². The Morgan fingerprint density at radius 2 is 1.85 bits per heavy atom. The van der Waals surface area contributed by atoms with Crippen LogP contribution in [-0.4, -0.2) is 6.36 Å². The molecule has 0 N–H and O–H groups in total. The number of alkyl halides is 3. The first-order chi connectivity index (χ1) is 9.41. The zero-order chi connectivity index (χ0) is 15.2. The summed E-state index contributed by atoms with van der Waals surface area (Å²) in [5.74, 6) is -0.234. The van der Waals surface area contributed by atoms with Gasteiger partial charge in [0.2, 0.25) is 0 Å². The molecule has 110 valence electrons. The number of anilines is 1. The SMILES string of the molecule is C=CN(/C(=C/CC)CC)c1ccc(OC(F)(F)F)cc1. The fraction of sp³-hybridized carbons (Fsp3) is 0.333. The van der Waals surface area contributed by atoms with Crippen molar-refractivity contribution in [1.82, 2.24) is 0 Å². The normalized spacial score (nSPS) is 12.2. The van der Waals surface area contributed by atoms with Crippen LogP contribution in [0.5, 0.6) is 5.75 Å². The van der Waals surface area contributed by atoms with E-state index in [0.29, 0.717) is 0 Å². The van der Waals surface area contributed by atoms with E-state index in [1.807, 2.05) is 18.7 Å². The zero-order valence-corrected chi connectivity index (χ0v) is 11.6. The second-order valence-corrected chi connectivity index (χ2v) is 4.05. The third-order valence-electron chi connectivity index (χ3n) is 2.64. The third kappa shape index (κ3) is 4.64. The van der Waals surface area contributed by atoms with Crippen molar-refractivity contribution >= 4 is 5.69 Å². The standard InChI is InChI=1S/C15H18F3NO/c1-4-7-12(5-2)19(6-3)13-8-10-14(11-9-13)20-15(16,17)18/h6-11H,3-5H2,1-2H3/b12-7+. The summed E-state index contributed by atoms with van der Waals surface area (Å²) < 4.78 is 40.1. The number of nitrogens with zero attached hydrogens (tertiary/aromatic N) is 1. The summed E-state index contributed by atoms with van der Waals surface area (Å²) in [6, 6.07) is 5.72. The van der Waals surface area contributed by atoms with Crippen LogP contribution in [0.2, 0.25) is 0 Å². The van der Waals surface area contributed by atoms with Crippen LogP contribution in [0.3, 0.4) is 0 Å². The summed E-state index contributed by atoms with van der Waals surface area (Å²) in [7, 11) is 0. The van der Waals surface area contributed by atoms with Crippen LogP contribution in [0.15, 0.2) is 48.8 Å². The second-order valence-electron chi connectivity index (χ2n) is 4.05. The quantitative estimate of drug-likeness (QED) is 0.708. The Morgan fingerprint density at radius 3 is 2.25 bits per heavy atom. The molecule has 0 fully saturated rings. The van der Waals surface area contributed by atoms with Gasteiger partial charge in [-0.25, -0.2) is 0 Å². The average molecular weight is 285 g/mol. The molecule has 0 bridgehead atoms. The maximum atomic E-state index is 12.1. The third-order valence-corrected chi connectivity index (χ3v) is 2.64. The Bertz CT molecular complexity index is 463. The Hall–Kier alpha value is -1.91. The van der Waals surface area contributed by atoms with Crippen molar-refractivity contribution < 1.29 is 17.9 Å². The highest BCUT2D eigenvalue weighted by molar-refractivity contribution is 5.56. The molecular weight excluding hydrogens is 267 g/mol. The van der Waals surface area contributed by atoms with Crippen LogP contribution in [-0.2, 0) is 0 Å². The molecule has 0 spiro atoms. The predicted octanol–water partition coefficient (Wildman–Crippen LogP) is 5.24. The molecule has 1 aromatic rings. The second kappa shape index (κ2) is 7.03. The van der Waals surface area contributed by atoms with Crippen LogP contribution in [0.1, 0.15) is 26.7 Å². The van der Waals surface area contributed by atoms with Gasteiger partial charge in [-0.05, 0) is 37.1 Å². The Morgan fingerprint density at radius 1 is 1.25 bits per heavy atom. The Labute approximate surface area is 117 Å². The summed E-state index contributed by atoms with van der Waals surface area (Å²) in [5.41, 5.74) is 1.79. The first kappa shape index (κ1) is 16.1. The first-order valence-corrected chi connectivity index (χ1v) is 6.37. The summed E-state index contributed by atoms with van der Waals surface area (Å²) >= 11 is 0. The van der Waals surface area contributed by atoms with E-state index in [9.17, 15) is 13.2 Å². The number of hydrogen-bond donors (Lipinski definition) is 0. The number of allylic oxidation sites excluding steroid dienone is 2. The van der Waals surface area contributed by atoms with E-state index in [0.717, 1.165) is 24.2 Å². The van der Waals surface area contributed by atoms with Gasteiger partial charge in [-0.1, -0.05) is 26.5 Å². The lowest BCUT2D eigenvalue weighted by Gasteiger charge is -2.23. The van der Waals surface area contributed by atoms with E-state index in [2.05, 4.69) is 17.4 Å². The number of rotatable bonds is 6. The molecule has 0 saturated heterocycles. The molecular formula is C15H18F3NO. The van der Waals surface area contributed by atoms with Gasteiger partial charge in [0.15, 0.2) is 0 Å². The number of hydrogen-bond acceptors (Lipinski definition) is 2. The van der Waals surface area contributed by atoms with Crippen LogP contribution >= 0.6 is 0 Å². The highest BCUT2D eigenvalue weighted by atomic mass is 19.4. The van der Waals surface area contributed by atoms with Crippen LogP contribution < -0.4 is 9.64 Å². The lowest BCUT2D eigenvalue weighted by molar-refractivity contribution is -0.274. The van der Waals surface area contributed by atoms with Crippen LogP contribution in [0.25, 0.3) is 0 Å². The molecule has 0 radical (unpaired) electrons. The minimum atomic E-state index is -4.67. The number of ether oxygens (including phenoxy) is 1. The smallest absolute Gasteiger partial charge is 0.406 e. The molecule has 2 nitrogen and oxygen atoms in total. The molecule has 0 heterocycles. The van der Waals surface area contributed by atoms with Crippen LogP contribution in [0.4, 0.5) is 18.9 Å². The highest BCUT2D eigenvalue weighted by Crippen LogP contribution is 2.27. The van der Waals surface area contributed by atoms with E-state index in [4.69, 9.17) is 0 Å². The maximum absolute atomic E-state index is 12.1.